The molecule has 178 valence electrons. The lowest BCUT2D eigenvalue weighted by molar-refractivity contribution is 0.00703. The Hall–Kier alpha value is -3.48. The first-order valence-electron chi connectivity index (χ1n) is 11.5. The Bertz CT molecular complexity index is 1220. The van der Waals surface area contributed by atoms with Crippen LogP contribution in [-0.4, -0.2) is 34.0 Å². The number of hydrogen-bond donors (Lipinski definition) is 0. The second-order valence-electron chi connectivity index (χ2n) is 9.43. The summed E-state index contributed by atoms with van der Waals surface area (Å²) in [6.45, 7) is 7.75. The van der Waals surface area contributed by atoms with E-state index in [-0.39, 0.29) is 12.5 Å². The van der Waals surface area contributed by atoms with E-state index in [1.807, 2.05) is 6.92 Å². The number of ether oxygens (including phenoxy) is 2. The lowest BCUT2D eigenvalue weighted by Crippen LogP contribution is -2.24. The van der Waals surface area contributed by atoms with Gasteiger partial charge in [-0.25, -0.2) is 9.18 Å². The molecule has 1 fully saturated rings. The molecule has 0 saturated heterocycles. The lowest BCUT2D eigenvalue weighted by Gasteiger charge is -2.20. The molecule has 0 bridgehead atoms. The van der Waals surface area contributed by atoms with Crippen LogP contribution in [0.1, 0.15) is 78.6 Å². The smallest absolute Gasteiger partial charge is 0.339 e. The van der Waals surface area contributed by atoms with Gasteiger partial charge in [-0.2, -0.15) is 4.98 Å². The van der Waals surface area contributed by atoms with Crippen LogP contribution in [0.25, 0.3) is 11.1 Å². The lowest BCUT2D eigenvalue weighted by atomic mass is 9.98. The fraction of sp³-hybridized carbons (Fsp3) is 0.370. The van der Waals surface area contributed by atoms with Gasteiger partial charge in [0.25, 0.3) is 6.01 Å². The molecule has 34 heavy (non-hydrogen) atoms. The van der Waals surface area contributed by atoms with Gasteiger partial charge in [0.1, 0.15) is 17.1 Å². The van der Waals surface area contributed by atoms with Crippen LogP contribution >= 0.6 is 0 Å². The largest absolute Gasteiger partial charge is 0.465 e. The topological polar surface area (TPSA) is 70.4 Å². The number of carbonyl (C=O) groups is 2. The fourth-order valence-corrected chi connectivity index (χ4v) is 3.89. The van der Waals surface area contributed by atoms with E-state index in [9.17, 15) is 9.59 Å². The SMILES string of the molecule is CCOc1nc(C2CC2)c(C=O)n1Cc1ccc(-c2ccccc2C(=O)OC(C)(C)C)cc1F. The summed E-state index contributed by atoms with van der Waals surface area (Å²) in [6.07, 6.45) is 2.75. The van der Waals surface area contributed by atoms with Gasteiger partial charge in [0.2, 0.25) is 0 Å². The molecule has 7 heteroatoms. The number of esters is 1. The zero-order chi connectivity index (χ0) is 24.5. The van der Waals surface area contributed by atoms with Crippen molar-refractivity contribution >= 4 is 12.3 Å². The quantitative estimate of drug-likeness (QED) is 0.312. The standard InChI is InChI=1S/C27H29FN2O4/c1-5-33-26-29-24(17-10-11-17)23(16-31)30(26)15-19-13-12-18(14-22(19)28)20-8-6-7-9-21(20)25(32)34-27(2,3)4/h6-9,12-14,16-17H,5,10-11,15H2,1-4H3. The highest BCUT2D eigenvalue weighted by molar-refractivity contribution is 5.97. The van der Waals surface area contributed by atoms with Crippen molar-refractivity contribution in [3.63, 3.8) is 0 Å². The molecule has 2 aromatic carbocycles. The van der Waals surface area contributed by atoms with Crippen molar-refractivity contribution in [2.45, 2.75) is 58.6 Å². The van der Waals surface area contributed by atoms with E-state index < -0.39 is 17.4 Å². The minimum atomic E-state index is -0.641. The van der Waals surface area contributed by atoms with Gasteiger partial charge >= 0.3 is 5.97 Å². The van der Waals surface area contributed by atoms with Gasteiger partial charge in [-0.3, -0.25) is 9.36 Å². The van der Waals surface area contributed by atoms with E-state index in [1.54, 1.807) is 61.7 Å². The molecule has 0 spiro atoms. The molecule has 3 aromatic rings. The number of hydrogen-bond acceptors (Lipinski definition) is 5. The second kappa shape index (κ2) is 9.41. The van der Waals surface area contributed by atoms with Gasteiger partial charge in [0.05, 0.1) is 24.4 Å². The van der Waals surface area contributed by atoms with Crippen LogP contribution in [0, 0.1) is 5.82 Å². The predicted molar refractivity (Wildman–Crippen MR) is 127 cm³/mol. The third kappa shape index (κ3) is 5.03. The number of aromatic nitrogens is 2. The number of imidazole rings is 1. The molecule has 1 heterocycles. The minimum Gasteiger partial charge on any atom is -0.465 e. The van der Waals surface area contributed by atoms with Crippen molar-refractivity contribution in [1.29, 1.82) is 0 Å². The Balaban J connectivity index is 1.67. The molecule has 0 atom stereocenters. The molecular formula is C27H29FN2O4. The maximum Gasteiger partial charge on any atom is 0.339 e. The molecule has 0 radical (unpaired) electrons. The van der Waals surface area contributed by atoms with Crippen LogP contribution in [0.3, 0.4) is 0 Å². The summed E-state index contributed by atoms with van der Waals surface area (Å²) >= 11 is 0. The maximum atomic E-state index is 15.3. The van der Waals surface area contributed by atoms with Crippen molar-refractivity contribution in [2.24, 2.45) is 0 Å². The van der Waals surface area contributed by atoms with Crippen molar-refractivity contribution in [3.05, 3.63) is 70.8 Å². The van der Waals surface area contributed by atoms with E-state index in [4.69, 9.17) is 9.47 Å². The van der Waals surface area contributed by atoms with Gasteiger partial charge in [0.15, 0.2) is 6.29 Å². The number of nitrogens with zero attached hydrogens (tertiary/aromatic N) is 2. The molecule has 0 N–H and O–H groups in total. The fourth-order valence-electron chi connectivity index (χ4n) is 3.89. The molecule has 6 nitrogen and oxygen atoms in total. The predicted octanol–water partition coefficient (Wildman–Crippen LogP) is 5.78. The van der Waals surface area contributed by atoms with Crippen LogP contribution in [0.15, 0.2) is 42.5 Å². The highest BCUT2D eigenvalue weighted by Crippen LogP contribution is 2.42. The maximum absolute atomic E-state index is 15.3. The second-order valence-corrected chi connectivity index (χ2v) is 9.43. The number of carbonyl (C=O) groups excluding carboxylic acids is 2. The van der Waals surface area contributed by atoms with Gasteiger partial charge in [-0.15, -0.1) is 0 Å². The first-order valence-corrected chi connectivity index (χ1v) is 11.5. The molecule has 1 aliphatic carbocycles. The highest BCUT2D eigenvalue weighted by atomic mass is 19.1. The summed E-state index contributed by atoms with van der Waals surface area (Å²) in [6, 6.07) is 12.1. The van der Waals surface area contributed by atoms with E-state index in [1.165, 1.54) is 6.07 Å². The molecule has 0 aliphatic heterocycles. The monoisotopic (exact) mass is 464 g/mol. The third-order valence-electron chi connectivity index (χ3n) is 5.59. The zero-order valence-corrected chi connectivity index (χ0v) is 19.9. The Labute approximate surface area is 198 Å². The van der Waals surface area contributed by atoms with Gasteiger partial charge in [0, 0.05) is 11.5 Å². The molecule has 1 aliphatic rings. The van der Waals surface area contributed by atoms with Gasteiger partial charge < -0.3 is 9.47 Å². The van der Waals surface area contributed by atoms with E-state index in [2.05, 4.69) is 4.98 Å². The summed E-state index contributed by atoms with van der Waals surface area (Å²) < 4.78 is 28.1. The first-order chi connectivity index (χ1) is 16.2. The normalized spacial score (nSPS) is 13.6. The molecule has 0 unspecified atom stereocenters. The minimum absolute atomic E-state index is 0.114. The third-order valence-corrected chi connectivity index (χ3v) is 5.59. The molecule has 4 rings (SSSR count). The van der Waals surface area contributed by atoms with E-state index >= 15 is 4.39 Å². The molecule has 1 aromatic heterocycles. The Morgan fingerprint density at radius 2 is 1.94 bits per heavy atom. The van der Waals surface area contributed by atoms with Crippen molar-refractivity contribution in [1.82, 2.24) is 9.55 Å². The Morgan fingerprint density at radius 1 is 1.21 bits per heavy atom. The first kappa shape index (κ1) is 23.7. The van der Waals surface area contributed by atoms with Gasteiger partial charge in [-0.1, -0.05) is 30.3 Å². The molecule has 1 saturated carbocycles. The summed E-state index contributed by atoms with van der Waals surface area (Å²) in [5, 5.41) is 0. The van der Waals surface area contributed by atoms with Crippen LogP contribution in [0.5, 0.6) is 6.01 Å². The Kier molecular flexibility index (Phi) is 6.55. The molecular weight excluding hydrogens is 435 g/mol. The number of halogens is 1. The van der Waals surface area contributed by atoms with Crippen molar-refractivity contribution in [2.75, 3.05) is 6.61 Å². The van der Waals surface area contributed by atoms with Crippen LogP contribution in [0.4, 0.5) is 4.39 Å². The summed E-state index contributed by atoms with van der Waals surface area (Å²) in [4.78, 5) is 29.1. The summed E-state index contributed by atoms with van der Waals surface area (Å²) in [5.74, 6) is -0.648. The molecule has 0 amide bonds. The van der Waals surface area contributed by atoms with E-state index in [0.29, 0.717) is 40.6 Å². The van der Waals surface area contributed by atoms with Crippen molar-refractivity contribution in [3.8, 4) is 17.1 Å². The van der Waals surface area contributed by atoms with Crippen LogP contribution in [0.2, 0.25) is 0 Å². The van der Waals surface area contributed by atoms with E-state index in [0.717, 1.165) is 24.8 Å². The summed E-state index contributed by atoms with van der Waals surface area (Å²) in [7, 11) is 0. The Morgan fingerprint density at radius 3 is 2.56 bits per heavy atom. The zero-order valence-electron chi connectivity index (χ0n) is 19.9. The average Bonchev–Trinajstić information content (AvgIpc) is 3.57. The van der Waals surface area contributed by atoms with Crippen LogP contribution < -0.4 is 4.74 Å². The number of rotatable bonds is 8. The summed E-state index contributed by atoms with van der Waals surface area (Å²) in [5.41, 5.74) is 2.43. The number of benzene rings is 2. The highest BCUT2D eigenvalue weighted by Gasteiger charge is 2.32. The number of aldehydes is 1. The van der Waals surface area contributed by atoms with Crippen LogP contribution in [-0.2, 0) is 11.3 Å². The van der Waals surface area contributed by atoms with Crippen molar-refractivity contribution < 1.29 is 23.5 Å². The average molecular weight is 465 g/mol. The van der Waals surface area contributed by atoms with Gasteiger partial charge in [-0.05, 0) is 63.8 Å².